The molecule has 2 aliphatic heterocycles. The molecule has 1 saturated carbocycles. The second-order valence-corrected chi connectivity index (χ2v) is 5.90. The Hall–Kier alpha value is -0.120. The van der Waals surface area contributed by atoms with Gasteiger partial charge in [0.2, 0.25) is 0 Å². The third kappa shape index (κ3) is 1.69. The summed E-state index contributed by atoms with van der Waals surface area (Å²) in [4.78, 5) is 2.71. The van der Waals surface area contributed by atoms with E-state index in [9.17, 15) is 0 Å². The lowest BCUT2D eigenvalue weighted by atomic mass is 9.88. The summed E-state index contributed by atoms with van der Waals surface area (Å²) in [7, 11) is 0. The van der Waals surface area contributed by atoms with Crippen molar-refractivity contribution in [1.82, 2.24) is 4.90 Å². The van der Waals surface area contributed by atoms with Gasteiger partial charge >= 0.3 is 0 Å². The zero-order chi connectivity index (χ0) is 11.0. The van der Waals surface area contributed by atoms with Gasteiger partial charge in [-0.15, -0.1) is 0 Å². The van der Waals surface area contributed by atoms with E-state index in [2.05, 4.69) is 4.90 Å². The molecule has 2 heterocycles. The van der Waals surface area contributed by atoms with Crippen LogP contribution in [0.25, 0.3) is 0 Å². The van der Waals surface area contributed by atoms with Gasteiger partial charge in [0, 0.05) is 38.4 Å². The van der Waals surface area contributed by atoms with Gasteiger partial charge in [0.05, 0.1) is 0 Å². The highest BCUT2D eigenvalue weighted by Gasteiger charge is 2.45. The largest absolute Gasteiger partial charge is 0.381 e. The molecular formula is C13H24N2O. The number of likely N-dealkylation sites (tertiary alicyclic amines) is 1. The Morgan fingerprint density at radius 2 is 1.75 bits per heavy atom. The van der Waals surface area contributed by atoms with Crippen LogP contribution in [-0.4, -0.2) is 43.3 Å². The van der Waals surface area contributed by atoms with Crippen LogP contribution in [0.1, 0.15) is 32.1 Å². The van der Waals surface area contributed by atoms with Gasteiger partial charge in [-0.05, 0) is 37.5 Å². The van der Waals surface area contributed by atoms with Gasteiger partial charge in [0.15, 0.2) is 0 Å². The van der Waals surface area contributed by atoms with E-state index < -0.39 is 0 Å². The van der Waals surface area contributed by atoms with Crippen LogP contribution >= 0.6 is 0 Å². The second-order valence-electron chi connectivity index (χ2n) is 5.90. The van der Waals surface area contributed by atoms with E-state index >= 15 is 0 Å². The van der Waals surface area contributed by atoms with E-state index in [1.165, 1.54) is 32.4 Å². The summed E-state index contributed by atoms with van der Waals surface area (Å²) < 4.78 is 5.50. The van der Waals surface area contributed by atoms with Gasteiger partial charge in [0.1, 0.15) is 0 Å². The van der Waals surface area contributed by atoms with Crippen molar-refractivity contribution in [2.45, 2.75) is 37.6 Å². The topological polar surface area (TPSA) is 38.5 Å². The minimum Gasteiger partial charge on any atom is -0.381 e. The molecule has 92 valence electrons. The molecule has 2 atom stereocenters. The minimum absolute atomic E-state index is 0.280. The molecule has 2 unspecified atom stereocenters. The van der Waals surface area contributed by atoms with Crippen LogP contribution in [0, 0.1) is 11.8 Å². The summed E-state index contributed by atoms with van der Waals surface area (Å²) in [5.41, 5.74) is 6.35. The Morgan fingerprint density at radius 1 is 1.12 bits per heavy atom. The molecule has 0 radical (unpaired) electrons. The quantitative estimate of drug-likeness (QED) is 0.766. The molecule has 3 fully saturated rings. The van der Waals surface area contributed by atoms with Crippen molar-refractivity contribution in [3.63, 3.8) is 0 Å². The summed E-state index contributed by atoms with van der Waals surface area (Å²) in [5.74, 6) is 1.96. The van der Waals surface area contributed by atoms with E-state index in [1.807, 2.05) is 0 Å². The molecule has 3 nitrogen and oxygen atoms in total. The maximum Gasteiger partial charge on any atom is 0.0484 e. The maximum atomic E-state index is 6.07. The lowest BCUT2D eigenvalue weighted by Gasteiger charge is -2.44. The molecule has 16 heavy (non-hydrogen) atoms. The van der Waals surface area contributed by atoms with Gasteiger partial charge in [-0.2, -0.15) is 0 Å². The average molecular weight is 224 g/mol. The first-order valence-electron chi connectivity index (χ1n) is 6.87. The second kappa shape index (κ2) is 4.28. The van der Waals surface area contributed by atoms with Gasteiger partial charge in [-0.1, -0.05) is 6.42 Å². The molecule has 1 aliphatic carbocycles. The summed E-state index contributed by atoms with van der Waals surface area (Å²) in [5, 5.41) is 0. The molecule has 0 bridgehead atoms. The Kier molecular flexibility index (Phi) is 2.94. The molecule has 0 amide bonds. The van der Waals surface area contributed by atoms with E-state index in [0.717, 1.165) is 44.4 Å². The van der Waals surface area contributed by atoms with E-state index in [1.54, 1.807) is 0 Å². The molecule has 2 saturated heterocycles. The molecule has 0 spiro atoms. The standard InChI is InChI=1S/C13H24N2O/c14-10-13(4-6-16-7-5-13)15-8-11-2-1-3-12(11)9-15/h11-12H,1-10,14H2. The molecule has 2 N–H and O–H groups in total. The van der Waals surface area contributed by atoms with E-state index in [0.29, 0.717) is 0 Å². The third-order valence-electron chi connectivity index (χ3n) is 5.20. The van der Waals surface area contributed by atoms with Crippen LogP contribution in [0.4, 0.5) is 0 Å². The Labute approximate surface area is 98.3 Å². The monoisotopic (exact) mass is 224 g/mol. The minimum atomic E-state index is 0.280. The van der Waals surface area contributed by atoms with Crippen LogP contribution in [0.15, 0.2) is 0 Å². The number of nitrogens with two attached hydrogens (primary N) is 1. The fourth-order valence-electron chi connectivity index (χ4n) is 4.02. The smallest absolute Gasteiger partial charge is 0.0484 e. The SMILES string of the molecule is NCC1(N2CC3CCCC3C2)CCOCC1. The van der Waals surface area contributed by atoms with Crippen molar-refractivity contribution in [1.29, 1.82) is 0 Å². The van der Waals surface area contributed by atoms with E-state index in [4.69, 9.17) is 10.5 Å². The van der Waals surface area contributed by atoms with E-state index in [-0.39, 0.29) is 5.54 Å². The molecule has 0 aromatic rings. The van der Waals surface area contributed by atoms with Crippen LogP contribution in [-0.2, 0) is 4.74 Å². The maximum absolute atomic E-state index is 6.07. The lowest BCUT2D eigenvalue weighted by molar-refractivity contribution is -0.0173. The van der Waals surface area contributed by atoms with Crippen molar-refractivity contribution < 1.29 is 4.74 Å². The van der Waals surface area contributed by atoms with Crippen LogP contribution in [0.2, 0.25) is 0 Å². The molecular weight excluding hydrogens is 200 g/mol. The number of nitrogens with zero attached hydrogens (tertiary/aromatic N) is 1. The number of ether oxygens (including phenoxy) is 1. The highest BCUT2D eigenvalue weighted by atomic mass is 16.5. The van der Waals surface area contributed by atoms with Crippen LogP contribution in [0.3, 0.4) is 0 Å². The summed E-state index contributed by atoms with van der Waals surface area (Å²) >= 11 is 0. The Bertz CT molecular complexity index is 238. The normalized spacial score (nSPS) is 38.8. The first kappa shape index (κ1) is 11.0. The predicted octanol–water partition coefficient (Wildman–Crippen LogP) is 1.23. The third-order valence-corrected chi connectivity index (χ3v) is 5.20. The zero-order valence-electron chi connectivity index (χ0n) is 10.2. The Balaban J connectivity index is 1.71. The number of fused-ring (bicyclic) bond motifs is 1. The predicted molar refractivity (Wildman–Crippen MR) is 64.2 cm³/mol. The van der Waals surface area contributed by atoms with Crippen molar-refractivity contribution in [2.75, 3.05) is 32.8 Å². The highest BCUT2D eigenvalue weighted by molar-refractivity contribution is 5.00. The van der Waals surface area contributed by atoms with Crippen LogP contribution < -0.4 is 5.73 Å². The average Bonchev–Trinajstić information content (AvgIpc) is 2.90. The highest BCUT2D eigenvalue weighted by Crippen LogP contribution is 2.42. The summed E-state index contributed by atoms with van der Waals surface area (Å²) in [6, 6.07) is 0. The summed E-state index contributed by atoms with van der Waals surface area (Å²) in [6.45, 7) is 5.24. The van der Waals surface area contributed by atoms with Crippen molar-refractivity contribution in [2.24, 2.45) is 17.6 Å². The number of hydrogen-bond donors (Lipinski definition) is 1. The van der Waals surface area contributed by atoms with Crippen molar-refractivity contribution in [3.05, 3.63) is 0 Å². The molecule has 3 heteroatoms. The van der Waals surface area contributed by atoms with Gasteiger partial charge in [-0.25, -0.2) is 0 Å². The first-order valence-corrected chi connectivity index (χ1v) is 6.87. The fourth-order valence-corrected chi connectivity index (χ4v) is 4.02. The summed E-state index contributed by atoms with van der Waals surface area (Å²) in [6.07, 6.45) is 6.66. The van der Waals surface area contributed by atoms with Crippen molar-refractivity contribution in [3.8, 4) is 0 Å². The molecule has 3 rings (SSSR count). The van der Waals surface area contributed by atoms with Crippen LogP contribution in [0.5, 0.6) is 0 Å². The zero-order valence-corrected chi connectivity index (χ0v) is 10.2. The number of hydrogen-bond acceptors (Lipinski definition) is 3. The fraction of sp³-hybridized carbons (Fsp3) is 1.00. The number of rotatable bonds is 2. The molecule has 3 aliphatic rings. The molecule has 0 aromatic carbocycles. The first-order chi connectivity index (χ1) is 7.84. The van der Waals surface area contributed by atoms with Gasteiger partial charge < -0.3 is 10.5 Å². The van der Waals surface area contributed by atoms with Crippen molar-refractivity contribution >= 4 is 0 Å². The lowest BCUT2D eigenvalue weighted by Crippen LogP contribution is -2.56. The van der Waals surface area contributed by atoms with Gasteiger partial charge in [-0.3, -0.25) is 4.90 Å². The molecule has 0 aromatic heterocycles. The Morgan fingerprint density at radius 3 is 2.31 bits per heavy atom. The van der Waals surface area contributed by atoms with Gasteiger partial charge in [0.25, 0.3) is 0 Å².